The summed E-state index contributed by atoms with van der Waals surface area (Å²) < 4.78 is 0. The fourth-order valence-electron chi connectivity index (χ4n) is 0.100. The third-order valence-electron chi connectivity index (χ3n) is 0.219. The van der Waals surface area contributed by atoms with Crippen LogP contribution in [0.2, 0.25) is 0 Å². The van der Waals surface area contributed by atoms with Gasteiger partial charge in [-0.3, -0.25) is 0 Å². The standard InChI is InChI=1S/HP5/c1-2-4-5-3-1/h1H. The van der Waals surface area contributed by atoms with Gasteiger partial charge in [-0.25, -0.2) is 0 Å². The van der Waals surface area contributed by atoms with Crippen molar-refractivity contribution in [1.29, 1.82) is 0 Å². The first-order chi connectivity index (χ1) is 2.50. The van der Waals surface area contributed by atoms with Gasteiger partial charge in [-0.15, -0.1) is 0 Å². The van der Waals surface area contributed by atoms with Crippen LogP contribution in [0.3, 0.4) is 0 Å². The number of hydrogen-bond donors (Lipinski definition) is 0. The largest absolute Gasteiger partial charge is 0.0716 e. The summed E-state index contributed by atoms with van der Waals surface area (Å²) in [6.45, 7) is 0. The SMILES string of the molecule is p1pp[pH]p1. The van der Waals surface area contributed by atoms with E-state index in [1.165, 1.54) is 7.55 Å². The lowest BCUT2D eigenvalue weighted by molar-refractivity contribution is 5.60. The molecular weight excluding hydrogens is 155 g/mol. The van der Waals surface area contributed by atoms with Crippen molar-refractivity contribution in [2.75, 3.05) is 0 Å². The monoisotopic (exact) mass is 156 g/mol. The van der Waals surface area contributed by atoms with Crippen LogP contribution in [0, 0.1) is 0 Å². The van der Waals surface area contributed by atoms with Gasteiger partial charge >= 0.3 is 0 Å². The van der Waals surface area contributed by atoms with Crippen LogP contribution in [-0.2, 0) is 0 Å². The zero-order valence-corrected chi connectivity index (χ0v) is 6.87. The van der Waals surface area contributed by atoms with Crippen molar-refractivity contribution < 1.29 is 0 Å². The molecule has 5 heteroatoms. The second-order valence-corrected chi connectivity index (χ2v) is 12.9. The summed E-state index contributed by atoms with van der Waals surface area (Å²) in [5.41, 5.74) is 0. The van der Waals surface area contributed by atoms with Crippen LogP contribution < -0.4 is 0 Å². The van der Waals surface area contributed by atoms with E-state index < -0.39 is 0 Å². The Kier molecular flexibility index (Phi) is 2.45. The van der Waals surface area contributed by atoms with E-state index in [1.807, 2.05) is 0 Å². The summed E-state index contributed by atoms with van der Waals surface area (Å²) in [6, 6.07) is 0. The lowest BCUT2D eigenvalue weighted by Gasteiger charge is -1.36. The van der Waals surface area contributed by atoms with E-state index in [1.54, 1.807) is 30.2 Å². The molecule has 0 aliphatic rings. The second kappa shape index (κ2) is 2.64. The minimum Gasteiger partial charge on any atom is -0.0716 e. The molecule has 1 aromatic rings. The average molecular weight is 156 g/mol. The maximum Gasteiger partial charge on any atom is -0.000975 e. The molecule has 5 heavy (non-hydrogen) atoms. The Morgan fingerprint density at radius 1 is 1.00 bits per heavy atom. The maximum absolute atomic E-state index is 1.67. The van der Waals surface area contributed by atoms with Crippen LogP contribution in [-0.4, -0.2) is 0 Å². The van der Waals surface area contributed by atoms with Crippen molar-refractivity contribution in [1.82, 2.24) is 0 Å². The molecule has 0 aromatic carbocycles. The molecule has 0 amide bonds. The first-order valence-electron chi connectivity index (χ1n) is 1.05. The quantitative estimate of drug-likeness (QED) is 0.531. The fourth-order valence-corrected chi connectivity index (χ4v) is 24.3. The van der Waals surface area contributed by atoms with Crippen molar-refractivity contribution in [3.63, 3.8) is 0 Å². The van der Waals surface area contributed by atoms with Gasteiger partial charge in [0, 0.05) is 0 Å². The van der Waals surface area contributed by atoms with Gasteiger partial charge in [0.2, 0.25) is 0 Å². The Labute approximate surface area is 38.4 Å². The molecule has 26 valence electrons. The smallest absolute Gasteiger partial charge is 0.000975 e. The maximum atomic E-state index is 1.67. The van der Waals surface area contributed by atoms with Gasteiger partial charge in [-0.2, -0.15) is 0 Å². The van der Waals surface area contributed by atoms with Gasteiger partial charge in [0.05, 0.1) is 0 Å². The van der Waals surface area contributed by atoms with Gasteiger partial charge in [-0.05, 0) is 30.2 Å². The predicted molar refractivity (Wildman–Crippen MR) is 36.0 cm³/mol. The van der Waals surface area contributed by atoms with Crippen LogP contribution in [0.15, 0.2) is 0 Å². The Hall–Kier alpha value is 1.50. The van der Waals surface area contributed by atoms with Crippen molar-refractivity contribution in [2.24, 2.45) is 0 Å². The average Bonchev–Trinajstić information content (AvgIpc) is 1.76. The van der Waals surface area contributed by atoms with E-state index in [9.17, 15) is 0 Å². The molecule has 0 saturated carbocycles. The summed E-state index contributed by atoms with van der Waals surface area (Å²) >= 11 is 0. The van der Waals surface area contributed by atoms with Crippen molar-refractivity contribution in [2.45, 2.75) is 0 Å². The summed E-state index contributed by atoms with van der Waals surface area (Å²) in [5.74, 6) is 0. The highest BCUT2D eigenvalue weighted by Gasteiger charge is 1.62. The number of rotatable bonds is 0. The van der Waals surface area contributed by atoms with Crippen molar-refractivity contribution in [3.05, 3.63) is 0 Å². The molecule has 0 nitrogen and oxygen atoms in total. The number of hydrogen-bond acceptors (Lipinski definition) is 0. The van der Waals surface area contributed by atoms with E-state index in [2.05, 4.69) is 0 Å². The molecule has 0 bridgehead atoms. The molecule has 0 spiro atoms. The Bertz CT molecular complexity index is 56.5. The minimum absolute atomic E-state index is 1.23. The Morgan fingerprint density at radius 2 is 1.60 bits per heavy atom. The van der Waals surface area contributed by atoms with Gasteiger partial charge in [-0.1, -0.05) is 7.55 Å². The second-order valence-electron chi connectivity index (χ2n) is 0.479. The first kappa shape index (κ1) is 4.65. The van der Waals surface area contributed by atoms with Crippen LogP contribution in [0.5, 0.6) is 0 Å². The van der Waals surface area contributed by atoms with Gasteiger partial charge in [0.25, 0.3) is 0 Å². The third-order valence-corrected chi connectivity index (χ3v) is 17.7. The van der Waals surface area contributed by atoms with E-state index >= 15 is 0 Å². The van der Waals surface area contributed by atoms with Gasteiger partial charge in [0.15, 0.2) is 0 Å². The van der Waals surface area contributed by atoms with Gasteiger partial charge in [0.1, 0.15) is 0 Å². The van der Waals surface area contributed by atoms with Crippen LogP contribution in [0.4, 0.5) is 0 Å². The molecule has 1 heterocycles. The molecule has 1 aromatic heterocycles. The zero-order valence-electron chi connectivity index (χ0n) is 2.29. The van der Waals surface area contributed by atoms with E-state index in [-0.39, 0.29) is 0 Å². The van der Waals surface area contributed by atoms with E-state index in [4.69, 9.17) is 0 Å². The van der Waals surface area contributed by atoms with Crippen molar-refractivity contribution in [3.8, 4) is 0 Å². The van der Waals surface area contributed by atoms with E-state index in [0.29, 0.717) is 0 Å². The summed E-state index contributed by atoms with van der Waals surface area (Å²) in [7, 11) is 7.83. The van der Waals surface area contributed by atoms with E-state index in [0.717, 1.165) is 0 Å². The lowest BCUT2D eigenvalue weighted by Crippen LogP contribution is -0.459. The van der Waals surface area contributed by atoms with Crippen molar-refractivity contribution >= 4 is 37.7 Å². The zero-order chi connectivity index (χ0) is 3.54. The minimum atomic E-state index is 1.23. The normalized spacial score (nSPS) is 16.0. The van der Waals surface area contributed by atoms with Crippen LogP contribution >= 0.6 is 37.7 Å². The van der Waals surface area contributed by atoms with Gasteiger partial charge < -0.3 is 0 Å². The molecule has 0 radical (unpaired) electrons. The molecule has 0 saturated heterocycles. The van der Waals surface area contributed by atoms with Crippen LogP contribution in [0.1, 0.15) is 0 Å². The Morgan fingerprint density at radius 3 is 1.80 bits per heavy atom. The molecule has 0 unspecified atom stereocenters. The molecular formula is HP5. The summed E-state index contributed by atoms with van der Waals surface area (Å²) in [4.78, 5) is 0. The molecule has 0 atom stereocenters. The molecule has 0 aliphatic carbocycles. The third kappa shape index (κ3) is 1.59. The topological polar surface area (TPSA) is 0 Å². The highest BCUT2D eigenvalue weighted by atomic mass is 32.6. The fraction of sp³-hybridized carbons (Fsp3) is 0. The molecule has 0 fully saturated rings. The summed E-state index contributed by atoms with van der Waals surface area (Å²) in [5, 5.41) is 0. The highest BCUT2D eigenvalue weighted by Crippen LogP contribution is 2.50. The van der Waals surface area contributed by atoms with Crippen LogP contribution in [0.25, 0.3) is 0 Å². The lowest BCUT2D eigenvalue weighted by atomic mass is 29.7. The highest BCUT2D eigenvalue weighted by molar-refractivity contribution is 8.55. The Balaban J connectivity index is 3.13. The molecule has 1 rings (SSSR count). The summed E-state index contributed by atoms with van der Waals surface area (Å²) in [6.07, 6.45) is 0. The first-order valence-corrected chi connectivity index (χ1v) is 9.42. The molecule has 0 aliphatic heterocycles. The molecule has 0 N–H and O–H groups in total. The predicted octanol–water partition coefficient (Wildman–Crippen LogP) is 4.04.